The first-order chi connectivity index (χ1) is 14.5. The van der Waals surface area contributed by atoms with Crippen molar-refractivity contribution >= 4 is 21.3 Å². The minimum absolute atomic E-state index is 0.0714. The summed E-state index contributed by atoms with van der Waals surface area (Å²) in [4.78, 5) is 14.5. The second-order valence-electron chi connectivity index (χ2n) is 7.24. The molecule has 0 radical (unpaired) electrons. The summed E-state index contributed by atoms with van der Waals surface area (Å²) in [6.45, 7) is 1.25. The number of nitrogens with two attached hydrogens (primary N) is 1. The van der Waals surface area contributed by atoms with Crippen molar-refractivity contribution in [1.29, 1.82) is 0 Å². The van der Waals surface area contributed by atoms with Gasteiger partial charge < -0.3 is 8.60 Å². The molecule has 7 nitrogen and oxygen atoms in total. The summed E-state index contributed by atoms with van der Waals surface area (Å²) < 4.78 is 70.3. The average molecular weight is 454 g/mol. The van der Waals surface area contributed by atoms with Crippen LogP contribution in [0.5, 0.6) is 5.75 Å². The lowest BCUT2D eigenvalue weighted by atomic mass is 9.97. The highest BCUT2D eigenvalue weighted by Crippen LogP contribution is 2.31. The molecule has 31 heavy (non-hydrogen) atoms. The molecule has 1 aliphatic heterocycles. The third-order valence-corrected chi connectivity index (χ3v) is 5.48. The molecule has 3 aromatic rings. The zero-order chi connectivity index (χ0) is 22.4. The summed E-state index contributed by atoms with van der Waals surface area (Å²) in [6, 6.07) is 9.23. The zero-order valence-corrected chi connectivity index (χ0v) is 16.8. The quantitative estimate of drug-likeness (QED) is 0.608. The molecule has 2 N–H and O–H groups in total. The first-order valence-electron chi connectivity index (χ1n) is 9.19. The van der Waals surface area contributed by atoms with E-state index in [1.807, 2.05) is 4.90 Å². The second kappa shape index (κ2) is 7.66. The van der Waals surface area contributed by atoms with Crippen molar-refractivity contribution in [3.8, 4) is 5.75 Å². The summed E-state index contributed by atoms with van der Waals surface area (Å²) in [5, 5.41) is 5.51. The lowest BCUT2D eigenvalue weighted by Gasteiger charge is -2.28. The van der Waals surface area contributed by atoms with E-state index in [0.717, 1.165) is 17.7 Å². The van der Waals surface area contributed by atoms with Crippen molar-refractivity contribution in [1.82, 2.24) is 4.90 Å². The van der Waals surface area contributed by atoms with Crippen LogP contribution in [-0.4, -0.2) is 19.9 Å². The van der Waals surface area contributed by atoms with Gasteiger partial charge in [-0.1, -0.05) is 12.1 Å². The van der Waals surface area contributed by atoms with Crippen LogP contribution in [0.4, 0.5) is 13.2 Å². The van der Waals surface area contributed by atoms with E-state index in [-0.39, 0.29) is 17.9 Å². The Kier molecular flexibility index (Phi) is 5.28. The van der Waals surface area contributed by atoms with Crippen molar-refractivity contribution in [2.45, 2.75) is 25.7 Å². The molecule has 0 amide bonds. The van der Waals surface area contributed by atoms with Crippen LogP contribution in [0.1, 0.15) is 22.3 Å². The molecule has 0 bridgehead atoms. The lowest BCUT2D eigenvalue weighted by molar-refractivity contribution is -0.137. The third kappa shape index (κ3) is 4.73. The van der Waals surface area contributed by atoms with Crippen LogP contribution in [0.2, 0.25) is 0 Å². The van der Waals surface area contributed by atoms with Crippen molar-refractivity contribution < 1.29 is 30.2 Å². The van der Waals surface area contributed by atoms with Crippen LogP contribution in [-0.2, 0) is 36.0 Å². The van der Waals surface area contributed by atoms with E-state index in [2.05, 4.69) is 4.18 Å². The van der Waals surface area contributed by atoms with Gasteiger partial charge in [0.1, 0.15) is 11.3 Å². The van der Waals surface area contributed by atoms with Crippen molar-refractivity contribution in [3.63, 3.8) is 0 Å². The number of rotatable bonds is 4. The monoisotopic (exact) mass is 454 g/mol. The van der Waals surface area contributed by atoms with E-state index in [9.17, 15) is 26.4 Å². The molecule has 164 valence electrons. The molecular weight excluding hydrogens is 437 g/mol. The minimum atomic E-state index is -4.39. The van der Waals surface area contributed by atoms with Gasteiger partial charge in [0, 0.05) is 31.1 Å². The Morgan fingerprint density at radius 3 is 2.45 bits per heavy atom. The van der Waals surface area contributed by atoms with Crippen LogP contribution in [0, 0.1) is 0 Å². The molecule has 4 rings (SSSR count). The topological polar surface area (TPSA) is 103 Å². The molecule has 0 spiro atoms. The number of halogens is 3. The number of fused-ring (bicyclic) bond motifs is 3. The van der Waals surface area contributed by atoms with E-state index in [0.29, 0.717) is 36.0 Å². The molecule has 0 saturated carbocycles. The number of benzene rings is 2. The maximum Gasteiger partial charge on any atom is 0.416 e. The van der Waals surface area contributed by atoms with E-state index in [1.54, 1.807) is 6.07 Å². The molecule has 0 fully saturated rings. The fourth-order valence-corrected chi connectivity index (χ4v) is 4.05. The van der Waals surface area contributed by atoms with Gasteiger partial charge in [-0.25, -0.2) is 4.79 Å². The SMILES string of the molecule is NS(=O)(=O)Oc1ccc2c3c(c(=O)oc2c1)CN(Cc1ccc(C(F)(F)F)cc1)CC3. The van der Waals surface area contributed by atoms with E-state index in [4.69, 9.17) is 9.56 Å². The maximum absolute atomic E-state index is 12.7. The molecule has 11 heteroatoms. The van der Waals surface area contributed by atoms with Gasteiger partial charge >= 0.3 is 22.1 Å². The largest absolute Gasteiger partial charge is 0.422 e. The molecular formula is C20H17F3N2O5S. The zero-order valence-electron chi connectivity index (χ0n) is 16.0. The standard InChI is InChI=1S/C20H17F3N2O5S/c21-20(22,23)13-3-1-12(2-4-13)10-25-8-7-15-16-6-5-14(30-31(24,27)28)9-18(16)29-19(26)17(15)11-25/h1-6,9H,7-8,10-11H2,(H2,24,27,28). The molecule has 0 saturated heterocycles. The highest BCUT2D eigenvalue weighted by Gasteiger charge is 2.30. The Labute approximate surface area is 175 Å². The molecule has 0 aliphatic carbocycles. The highest BCUT2D eigenvalue weighted by molar-refractivity contribution is 7.84. The summed E-state index contributed by atoms with van der Waals surface area (Å²) in [7, 11) is -4.21. The Bertz CT molecular complexity index is 1300. The van der Waals surface area contributed by atoms with Gasteiger partial charge in [-0.15, -0.1) is 0 Å². The van der Waals surface area contributed by atoms with Crippen LogP contribution in [0.3, 0.4) is 0 Å². The predicted octanol–water partition coefficient (Wildman–Crippen LogP) is 2.95. The van der Waals surface area contributed by atoms with Gasteiger partial charge in [-0.3, -0.25) is 4.90 Å². The van der Waals surface area contributed by atoms with E-state index >= 15 is 0 Å². The normalized spacial score (nSPS) is 15.1. The number of alkyl halides is 3. The van der Waals surface area contributed by atoms with Gasteiger partial charge in [-0.05, 0) is 41.8 Å². The van der Waals surface area contributed by atoms with Crippen LogP contribution in [0.25, 0.3) is 11.0 Å². The Morgan fingerprint density at radius 1 is 1.10 bits per heavy atom. The molecule has 1 aromatic heterocycles. The summed E-state index contributed by atoms with van der Waals surface area (Å²) >= 11 is 0. The second-order valence-corrected chi connectivity index (χ2v) is 8.39. The Hall–Kier alpha value is -2.89. The van der Waals surface area contributed by atoms with Crippen molar-refractivity contribution in [2.75, 3.05) is 6.54 Å². The number of nitrogens with zero attached hydrogens (tertiary/aromatic N) is 1. The number of hydrogen-bond donors (Lipinski definition) is 1. The van der Waals surface area contributed by atoms with Crippen LogP contribution < -0.4 is 14.9 Å². The van der Waals surface area contributed by atoms with Crippen molar-refractivity contribution in [3.05, 3.63) is 75.1 Å². The smallest absolute Gasteiger partial charge is 0.416 e. The maximum atomic E-state index is 12.7. The fourth-order valence-electron chi connectivity index (χ4n) is 3.68. The first-order valence-corrected chi connectivity index (χ1v) is 10.7. The van der Waals surface area contributed by atoms with Crippen LogP contribution >= 0.6 is 0 Å². The average Bonchev–Trinajstić information content (AvgIpc) is 2.66. The molecule has 2 heterocycles. The van der Waals surface area contributed by atoms with Gasteiger partial charge in [-0.2, -0.15) is 26.7 Å². The fraction of sp³-hybridized carbons (Fsp3) is 0.250. The summed E-state index contributed by atoms with van der Waals surface area (Å²) in [5.74, 6) is -0.0714. The van der Waals surface area contributed by atoms with Gasteiger partial charge in [0.25, 0.3) is 0 Å². The van der Waals surface area contributed by atoms with Crippen molar-refractivity contribution in [2.24, 2.45) is 5.14 Å². The minimum Gasteiger partial charge on any atom is -0.422 e. The van der Waals surface area contributed by atoms with E-state index < -0.39 is 27.7 Å². The highest BCUT2D eigenvalue weighted by atomic mass is 32.2. The Morgan fingerprint density at radius 2 is 1.81 bits per heavy atom. The molecule has 1 aliphatic rings. The summed E-state index contributed by atoms with van der Waals surface area (Å²) in [6.07, 6.45) is -3.87. The van der Waals surface area contributed by atoms with Gasteiger partial charge in [0.15, 0.2) is 0 Å². The summed E-state index contributed by atoms with van der Waals surface area (Å²) in [5.41, 5.74) is 0.862. The van der Waals surface area contributed by atoms with Gasteiger partial charge in [0.2, 0.25) is 0 Å². The molecule has 0 unspecified atom stereocenters. The van der Waals surface area contributed by atoms with Crippen LogP contribution in [0.15, 0.2) is 51.7 Å². The first kappa shape index (κ1) is 21.3. The third-order valence-electron chi connectivity index (χ3n) is 5.05. The molecule has 2 aromatic carbocycles. The predicted molar refractivity (Wildman–Crippen MR) is 105 cm³/mol. The Balaban J connectivity index is 1.58. The number of hydrogen-bond acceptors (Lipinski definition) is 6. The van der Waals surface area contributed by atoms with Gasteiger partial charge in [0.05, 0.1) is 11.1 Å². The molecule has 0 atom stereocenters. The van der Waals surface area contributed by atoms with E-state index in [1.165, 1.54) is 24.3 Å². The lowest BCUT2D eigenvalue weighted by Crippen LogP contribution is -2.33.